The van der Waals surface area contributed by atoms with Crippen LogP contribution in [0.15, 0.2) is 24.3 Å². The van der Waals surface area contributed by atoms with Crippen LogP contribution in [-0.4, -0.2) is 18.3 Å². The van der Waals surface area contributed by atoms with Gasteiger partial charge in [0.15, 0.2) is 0 Å². The summed E-state index contributed by atoms with van der Waals surface area (Å²) in [7, 11) is 0. The highest BCUT2D eigenvalue weighted by molar-refractivity contribution is 5.75. The molecule has 0 atom stereocenters. The van der Waals surface area contributed by atoms with Crippen molar-refractivity contribution in [3.63, 3.8) is 0 Å². The zero-order valence-electron chi connectivity index (χ0n) is 13.6. The lowest BCUT2D eigenvalue weighted by molar-refractivity contribution is -0.360. The average Bonchev–Trinajstić information content (AvgIpc) is 2.55. The first-order valence-electron chi connectivity index (χ1n) is 8.07. The molecular formula is C17H19F5O3. The maximum Gasteiger partial charge on any atom is 0.499 e. The number of halogens is 5. The quantitative estimate of drug-likeness (QED) is 0.401. The first-order valence-corrected chi connectivity index (χ1v) is 8.07. The van der Waals surface area contributed by atoms with Crippen LogP contribution in [0.1, 0.15) is 39.0 Å². The van der Waals surface area contributed by atoms with Crippen molar-refractivity contribution in [2.24, 2.45) is 11.8 Å². The molecule has 1 saturated carbocycles. The third-order valence-corrected chi connectivity index (χ3v) is 4.38. The molecule has 0 unspecified atom stereocenters. The van der Waals surface area contributed by atoms with Crippen LogP contribution in [0.3, 0.4) is 0 Å². The largest absolute Gasteiger partial charge is 0.499 e. The predicted octanol–water partition coefficient (Wildman–Crippen LogP) is 5.34. The summed E-state index contributed by atoms with van der Waals surface area (Å²) in [4.78, 5) is 12.1. The number of hydrogen-bond acceptors (Lipinski definition) is 3. The van der Waals surface area contributed by atoms with Crippen LogP contribution in [0.25, 0.3) is 0 Å². The number of esters is 1. The first-order chi connectivity index (χ1) is 11.6. The lowest BCUT2D eigenvalue weighted by atomic mass is 9.81. The van der Waals surface area contributed by atoms with Crippen molar-refractivity contribution >= 4 is 5.97 Å². The lowest BCUT2D eigenvalue weighted by Gasteiger charge is -2.26. The number of carbonyl (C=O) groups excluding carboxylic acids is 1. The minimum absolute atomic E-state index is 0.0743. The van der Waals surface area contributed by atoms with Crippen molar-refractivity contribution in [1.29, 1.82) is 0 Å². The van der Waals surface area contributed by atoms with Crippen molar-refractivity contribution in [1.82, 2.24) is 0 Å². The molecule has 0 amide bonds. The summed E-state index contributed by atoms with van der Waals surface area (Å²) in [6.45, 7) is 2.11. The Balaban J connectivity index is 1.91. The highest BCUT2D eigenvalue weighted by atomic mass is 19.4. The third kappa shape index (κ3) is 5.06. The highest BCUT2D eigenvalue weighted by Crippen LogP contribution is 2.37. The van der Waals surface area contributed by atoms with Gasteiger partial charge in [0, 0.05) is 0 Å². The molecule has 0 aromatic heterocycles. The van der Waals surface area contributed by atoms with Crippen LogP contribution in [0.5, 0.6) is 11.5 Å². The van der Waals surface area contributed by atoms with Gasteiger partial charge in [0.2, 0.25) is 0 Å². The van der Waals surface area contributed by atoms with Gasteiger partial charge in [-0.2, -0.15) is 22.0 Å². The van der Waals surface area contributed by atoms with Gasteiger partial charge in [-0.1, -0.05) is 13.3 Å². The molecule has 1 aliphatic rings. The zero-order chi connectivity index (χ0) is 18.7. The second kappa shape index (κ2) is 7.58. The third-order valence-electron chi connectivity index (χ3n) is 4.38. The van der Waals surface area contributed by atoms with Crippen LogP contribution >= 0.6 is 0 Å². The Labute approximate surface area is 142 Å². The standard InChI is InChI=1S/C17H19F5O3/c1-2-11-3-5-12(6-4-11)15(23)24-13-7-9-14(10-8-13)25-17(21,22)16(18,19)20/h7-12H,2-6H2,1H3/t11-,12-. The SMILES string of the molecule is CC[C@H]1CC[C@H](C(=O)Oc2ccc(OC(F)(F)C(F)(F)F)cc2)CC1. The maximum absolute atomic E-state index is 12.8. The van der Waals surface area contributed by atoms with Crippen LogP contribution in [0.4, 0.5) is 22.0 Å². The van der Waals surface area contributed by atoms with E-state index in [1.165, 1.54) is 0 Å². The summed E-state index contributed by atoms with van der Waals surface area (Å²) in [5.74, 6) is -0.608. The maximum atomic E-state index is 12.8. The molecule has 0 bridgehead atoms. The van der Waals surface area contributed by atoms with Gasteiger partial charge in [-0.15, -0.1) is 0 Å². The van der Waals surface area contributed by atoms with E-state index in [0.717, 1.165) is 56.4 Å². The number of alkyl halides is 5. The Bertz CT molecular complexity index is 575. The minimum Gasteiger partial charge on any atom is -0.426 e. The number of rotatable bonds is 5. The molecule has 0 saturated heterocycles. The zero-order valence-corrected chi connectivity index (χ0v) is 13.6. The Hall–Kier alpha value is -1.86. The fourth-order valence-corrected chi connectivity index (χ4v) is 2.79. The summed E-state index contributed by atoms with van der Waals surface area (Å²) >= 11 is 0. The van der Waals surface area contributed by atoms with Gasteiger partial charge in [-0.25, -0.2) is 0 Å². The van der Waals surface area contributed by atoms with Gasteiger partial charge >= 0.3 is 18.3 Å². The molecule has 8 heteroatoms. The molecule has 1 fully saturated rings. The smallest absolute Gasteiger partial charge is 0.426 e. The molecule has 140 valence electrons. The van der Waals surface area contributed by atoms with E-state index in [2.05, 4.69) is 11.7 Å². The molecule has 0 aliphatic heterocycles. The highest BCUT2D eigenvalue weighted by Gasteiger charge is 2.61. The average molecular weight is 366 g/mol. The Kier molecular flexibility index (Phi) is 5.90. The van der Waals surface area contributed by atoms with E-state index < -0.39 is 24.0 Å². The lowest BCUT2D eigenvalue weighted by Crippen LogP contribution is -2.41. The van der Waals surface area contributed by atoms with E-state index >= 15 is 0 Å². The van der Waals surface area contributed by atoms with Crippen LogP contribution in [0, 0.1) is 11.8 Å². The molecule has 1 aromatic rings. The molecule has 2 rings (SSSR count). The number of ether oxygens (including phenoxy) is 2. The van der Waals surface area contributed by atoms with E-state index in [0.29, 0.717) is 5.92 Å². The predicted molar refractivity (Wildman–Crippen MR) is 79.4 cm³/mol. The van der Waals surface area contributed by atoms with E-state index in [1.54, 1.807) is 0 Å². The topological polar surface area (TPSA) is 35.5 Å². The molecule has 1 aromatic carbocycles. The molecule has 0 N–H and O–H groups in total. The minimum atomic E-state index is -5.81. The molecule has 0 spiro atoms. The molecule has 3 nitrogen and oxygen atoms in total. The fourth-order valence-electron chi connectivity index (χ4n) is 2.79. The van der Waals surface area contributed by atoms with Gasteiger partial charge in [-0.05, 0) is 55.9 Å². The van der Waals surface area contributed by atoms with E-state index in [1.807, 2.05) is 0 Å². The Morgan fingerprint density at radius 1 is 1.00 bits per heavy atom. The van der Waals surface area contributed by atoms with Gasteiger partial charge in [-0.3, -0.25) is 4.79 Å². The van der Waals surface area contributed by atoms with Crippen molar-refractivity contribution < 1.29 is 36.2 Å². The normalized spacial score (nSPS) is 21.7. The summed E-state index contributed by atoms with van der Waals surface area (Å²) in [5.41, 5.74) is 0. The fraction of sp³-hybridized carbons (Fsp3) is 0.588. The molecule has 0 radical (unpaired) electrons. The molecule has 25 heavy (non-hydrogen) atoms. The van der Waals surface area contributed by atoms with Gasteiger partial charge in [0.25, 0.3) is 0 Å². The monoisotopic (exact) mass is 366 g/mol. The van der Waals surface area contributed by atoms with E-state index in [-0.39, 0.29) is 11.7 Å². The van der Waals surface area contributed by atoms with Crippen molar-refractivity contribution in [2.45, 2.75) is 51.3 Å². The molecular weight excluding hydrogens is 347 g/mol. The Morgan fingerprint density at radius 3 is 2.00 bits per heavy atom. The summed E-state index contributed by atoms with van der Waals surface area (Å²) in [6.07, 6.45) is -6.65. The number of carbonyl (C=O) groups is 1. The van der Waals surface area contributed by atoms with Gasteiger partial charge in [0.1, 0.15) is 11.5 Å². The summed E-state index contributed by atoms with van der Waals surface area (Å²) in [6, 6.07) is 4.04. The second-order valence-electron chi connectivity index (χ2n) is 6.13. The number of benzene rings is 1. The van der Waals surface area contributed by atoms with Crippen molar-refractivity contribution in [2.75, 3.05) is 0 Å². The molecule has 1 aliphatic carbocycles. The second-order valence-corrected chi connectivity index (χ2v) is 6.13. The summed E-state index contributed by atoms with van der Waals surface area (Å²) < 4.78 is 70.7. The Morgan fingerprint density at radius 2 is 1.52 bits per heavy atom. The molecule has 0 heterocycles. The van der Waals surface area contributed by atoms with Crippen LogP contribution in [0.2, 0.25) is 0 Å². The van der Waals surface area contributed by atoms with E-state index in [9.17, 15) is 26.7 Å². The first kappa shape index (κ1) is 19.5. The van der Waals surface area contributed by atoms with Gasteiger partial charge < -0.3 is 9.47 Å². The van der Waals surface area contributed by atoms with Crippen molar-refractivity contribution in [3.8, 4) is 11.5 Å². The van der Waals surface area contributed by atoms with Gasteiger partial charge in [0.05, 0.1) is 5.92 Å². The van der Waals surface area contributed by atoms with E-state index in [4.69, 9.17) is 4.74 Å². The van der Waals surface area contributed by atoms with Crippen LogP contribution in [-0.2, 0) is 4.79 Å². The van der Waals surface area contributed by atoms with Crippen LogP contribution < -0.4 is 9.47 Å². The summed E-state index contributed by atoms with van der Waals surface area (Å²) in [5, 5.41) is 0. The number of hydrogen-bond donors (Lipinski definition) is 0. The van der Waals surface area contributed by atoms with Crippen molar-refractivity contribution in [3.05, 3.63) is 24.3 Å².